The number of rotatable bonds is 5. The predicted octanol–water partition coefficient (Wildman–Crippen LogP) is 4.78. The number of hydrogen-bond acceptors (Lipinski definition) is 4. The van der Waals surface area contributed by atoms with Gasteiger partial charge < -0.3 is 5.84 Å². The van der Waals surface area contributed by atoms with Gasteiger partial charge in [-0.2, -0.15) is 0 Å². The molecule has 0 unspecified atom stereocenters. The van der Waals surface area contributed by atoms with Crippen LogP contribution in [0.3, 0.4) is 0 Å². The van der Waals surface area contributed by atoms with Gasteiger partial charge in [-0.3, -0.25) is 4.98 Å². The molecule has 0 aromatic carbocycles. The van der Waals surface area contributed by atoms with Crippen molar-refractivity contribution in [3.63, 3.8) is 0 Å². The summed E-state index contributed by atoms with van der Waals surface area (Å²) in [4.78, 5) is 10.4. The minimum Gasteiger partial charge on any atom is -0.337 e. The zero-order valence-corrected chi connectivity index (χ0v) is 15.6. The van der Waals surface area contributed by atoms with Gasteiger partial charge in [-0.05, 0) is 44.4 Å². The number of nitrogens with two attached hydrogens (primary N) is 1. The number of fused-ring (bicyclic) bond motifs is 1. The smallest absolute Gasteiger partial charge is 0.132 e. The minimum absolute atomic E-state index is 0.809. The molecule has 0 amide bonds. The van der Waals surface area contributed by atoms with E-state index in [1.54, 1.807) is 16.0 Å². The molecule has 5 heteroatoms. The van der Waals surface area contributed by atoms with E-state index in [9.17, 15) is 0 Å². The molecular formula is C19H24N4S. The lowest BCUT2D eigenvalue weighted by Crippen LogP contribution is -2.14. The number of aryl methyl sites for hydroxylation is 2. The average molecular weight is 340 g/mol. The molecule has 0 saturated carbocycles. The summed E-state index contributed by atoms with van der Waals surface area (Å²) < 4.78 is 2.96. The van der Waals surface area contributed by atoms with Crippen LogP contribution in [-0.4, -0.2) is 14.6 Å². The van der Waals surface area contributed by atoms with Crippen LogP contribution in [0.25, 0.3) is 20.8 Å². The first kappa shape index (κ1) is 16.7. The lowest BCUT2D eigenvalue weighted by atomic mass is 10.1. The Labute approximate surface area is 147 Å². The summed E-state index contributed by atoms with van der Waals surface area (Å²) in [6.07, 6.45) is 7.00. The van der Waals surface area contributed by atoms with Gasteiger partial charge in [0, 0.05) is 12.6 Å². The third kappa shape index (κ3) is 2.84. The number of allylic oxidation sites excluding steroid dienone is 2. The van der Waals surface area contributed by atoms with Gasteiger partial charge in [0.15, 0.2) is 0 Å². The Morgan fingerprint density at radius 3 is 2.79 bits per heavy atom. The SMILES string of the molecule is CC/C=C(/CC)Cc1nc(C)c(-c2sc3cccnc3c2C)n1N. The van der Waals surface area contributed by atoms with Gasteiger partial charge in [0.05, 0.1) is 20.8 Å². The molecule has 0 fully saturated rings. The quantitative estimate of drug-likeness (QED) is 0.537. The van der Waals surface area contributed by atoms with Gasteiger partial charge in [0.1, 0.15) is 11.5 Å². The molecule has 3 aromatic heterocycles. The van der Waals surface area contributed by atoms with Crippen molar-refractivity contribution in [1.82, 2.24) is 14.6 Å². The van der Waals surface area contributed by atoms with Crippen LogP contribution in [0.4, 0.5) is 0 Å². The molecule has 2 N–H and O–H groups in total. The van der Waals surface area contributed by atoms with Crippen molar-refractivity contribution in [1.29, 1.82) is 0 Å². The Morgan fingerprint density at radius 1 is 1.33 bits per heavy atom. The van der Waals surface area contributed by atoms with Crippen LogP contribution in [0.5, 0.6) is 0 Å². The van der Waals surface area contributed by atoms with E-state index >= 15 is 0 Å². The first-order chi connectivity index (χ1) is 11.6. The maximum absolute atomic E-state index is 6.44. The van der Waals surface area contributed by atoms with Crippen molar-refractivity contribution in [2.24, 2.45) is 0 Å². The summed E-state index contributed by atoms with van der Waals surface area (Å²) in [5.74, 6) is 7.36. The summed E-state index contributed by atoms with van der Waals surface area (Å²) in [5, 5.41) is 0. The summed E-state index contributed by atoms with van der Waals surface area (Å²) in [6.45, 7) is 8.49. The van der Waals surface area contributed by atoms with Crippen LogP contribution in [0, 0.1) is 13.8 Å². The van der Waals surface area contributed by atoms with Crippen molar-refractivity contribution >= 4 is 21.6 Å². The van der Waals surface area contributed by atoms with Crippen molar-refractivity contribution in [2.75, 3.05) is 5.84 Å². The fourth-order valence-electron chi connectivity index (χ4n) is 3.11. The van der Waals surface area contributed by atoms with Gasteiger partial charge in [-0.15, -0.1) is 11.3 Å². The second-order valence-corrected chi connectivity index (χ2v) is 7.09. The van der Waals surface area contributed by atoms with Crippen LogP contribution in [0.15, 0.2) is 30.0 Å². The van der Waals surface area contributed by atoms with E-state index in [1.165, 1.54) is 20.7 Å². The molecule has 0 aliphatic rings. The molecule has 3 rings (SSSR count). The van der Waals surface area contributed by atoms with Crippen LogP contribution in [0.1, 0.15) is 43.8 Å². The molecular weight excluding hydrogens is 316 g/mol. The van der Waals surface area contributed by atoms with E-state index in [1.807, 2.05) is 19.2 Å². The Morgan fingerprint density at radius 2 is 2.12 bits per heavy atom. The second-order valence-electron chi connectivity index (χ2n) is 6.04. The van der Waals surface area contributed by atoms with Gasteiger partial charge in [0.2, 0.25) is 0 Å². The maximum Gasteiger partial charge on any atom is 0.132 e. The molecule has 0 saturated heterocycles. The number of imidazole rings is 1. The van der Waals surface area contributed by atoms with Crippen molar-refractivity contribution in [3.8, 4) is 10.6 Å². The molecule has 0 spiro atoms. The highest BCUT2D eigenvalue weighted by molar-refractivity contribution is 7.22. The normalized spacial score (nSPS) is 12.2. The second kappa shape index (κ2) is 6.77. The lowest BCUT2D eigenvalue weighted by Gasteiger charge is -2.07. The first-order valence-electron chi connectivity index (χ1n) is 8.42. The number of thiophene rings is 1. The Balaban J connectivity index is 2.08. The van der Waals surface area contributed by atoms with E-state index in [0.29, 0.717) is 0 Å². The van der Waals surface area contributed by atoms with E-state index in [-0.39, 0.29) is 0 Å². The summed E-state index contributed by atoms with van der Waals surface area (Å²) in [6, 6.07) is 4.08. The fourth-order valence-corrected chi connectivity index (χ4v) is 4.37. The zero-order valence-electron chi connectivity index (χ0n) is 14.8. The van der Waals surface area contributed by atoms with Gasteiger partial charge in [-0.1, -0.05) is 25.5 Å². The van der Waals surface area contributed by atoms with Crippen LogP contribution in [-0.2, 0) is 6.42 Å². The number of nitrogen functional groups attached to an aromatic ring is 1. The first-order valence-corrected chi connectivity index (χ1v) is 9.24. The molecule has 0 bridgehead atoms. The van der Waals surface area contributed by atoms with Gasteiger partial charge >= 0.3 is 0 Å². The highest BCUT2D eigenvalue weighted by Crippen LogP contribution is 2.38. The Bertz CT molecular complexity index is 902. The van der Waals surface area contributed by atoms with Crippen molar-refractivity contribution < 1.29 is 0 Å². The Hall–Kier alpha value is -2.14. The van der Waals surface area contributed by atoms with E-state index < -0.39 is 0 Å². The summed E-state index contributed by atoms with van der Waals surface area (Å²) in [7, 11) is 0. The topological polar surface area (TPSA) is 56.7 Å². The lowest BCUT2D eigenvalue weighted by molar-refractivity contribution is 0.844. The standard InChI is InChI=1S/C19H24N4S/c1-5-8-14(6-2)11-16-22-13(4)18(23(16)20)19-12(3)17-15(24-19)9-7-10-21-17/h7-10H,5-6,11,20H2,1-4H3/b14-8-. The summed E-state index contributed by atoms with van der Waals surface area (Å²) in [5.41, 5.74) is 5.61. The third-order valence-corrected chi connectivity index (χ3v) is 5.64. The highest BCUT2D eigenvalue weighted by Gasteiger charge is 2.20. The highest BCUT2D eigenvalue weighted by atomic mass is 32.1. The molecule has 0 aliphatic heterocycles. The van der Waals surface area contributed by atoms with E-state index in [2.05, 4.69) is 37.9 Å². The zero-order chi connectivity index (χ0) is 17.3. The van der Waals surface area contributed by atoms with Gasteiger partial charge in [-0.25, -0.2) is 9.66 Å². The molecule has 24 heavy (non-hydrogen) atoms. The van der Waals surface area contributed by atoms with E-state index in [0.717, 1.165) is 42.0 Å². The van der Waals surface area contributed by atoms with Crippen LogP contribution < -0.4 is 5.84 Å². The third-order valence-electron chi connectivity index (χ3n) is 4.38. The molecule has 0 radical (unpaired) electrons. The van der Waals surface area contributed by atoms with Crippen molar-refractivity contribution in [3.05, 3.63) is 47.1 Å². The number of nitrogens with zero attached hydrogens (tertiary/aromatic N) is 3. The maximum atomic E-state index is 6.44. The van der Waals surface area contributed by atoms with Crippen molar-refractivity contribution in [2.45, 2.75) is 47.0 Å². The molecule has 3 aromatic rings. The van der Waals surface area contributed by atoms with E-state index in [4.69, 9.17) is 10.8 Å². The molecule has 126 valence electrons. The summed E-state index contributed by atoms with van der Waals surface area (Å²) >= 11 is 1.74. The monoisotopic (exact) mass is 340 g/mol. The molecule has 0 aliphatic carbocycles. The minimum atomic E-state index is 0.809. The average Bonchev–Trinajstić information content (AvgIpc) is 3.04. The number of aromatic nitrogens is 3. The predicted molar refractivity (Wildman–Crippen MR) is 103 cm³/mol. The fraction of sp³-hybridized carbons (Fsp3) is 0.368. The molecule has 0 atom stereocenters. The number of hydrogen-bond donors (Lipinski definition) is 1. The Kier molecular flexibility index (Phi) is 4.71. The van der Waals surface area contributed by atoms with Gasteiger partial charge in [0.25, 0.3) is 0 Å². The van der Waals surface area contributed by atoms with Crippen LogP contribution in [0.2, 0.25) is 0 Å². The number of pyridine rings is 1. The van der Waals surface area contributed by atoms with Crippen LogP contribution >= 0.6 is 11.3 Å². The molecule has 3 heterocycles. The largest absolute Gasteiger partial charge is 0.337 e. The molecule has 4 nitrogen and oxygen atoms in total.